The molecule has 2 rings (SSSR count). The Kier molecular flexibility index (Phi) is 6.88. The van der Waals surface area contributed by atoms with Crippen LogP contribution < -0.4 is 9.64 Å². The van der Waals surface area contributed by atoms with Crippen LogP contribution in [0.4, 0.5) is 5.69 Å². The van der Waals surface area contributed by atoms with Crippen LogP contribution in [0.15, 0.2) is 12.1 Å². The second-order valence-electron chi connectivity index (χ2n) is 9.72. The van der Waals surface area contributed by atoms with E-state index in [9.17, 15) is 9.36 Å². The number of anilines is 1. The number of rotatable bonds is 7. The molecule has 0 saturated heterocycles. The Hall–Kier alpha value is -1.36. The molecule has 1 atom stereocenters. The van der Waals surface area contributed by atoms with E-state index in [0.29, 0.717) is 12.3 Å². The first-order valence-electron chi connectivity index (χ1n) is 10.8. The van der Waals surface area contributed by atoms with Gasteiger partial charge >= 0.3 is 13.1 Å². The summed E-state index contributed by atoms with van der Waals surface area (Å²) in [6.07, 6.45) is 0. The number of carbonyl (C=O) groups excluding carboxylic acids is 1. The fourth-order valence-electron chi connectivity index (χ4n) is 3.87. The number of ketones is 1. The predicted octanol–water partition coefficient (Wildman–Crippen LogP) is 6.01. The van der Waals surface area contributed by atoms with E-state index in [4.69, 9.17) is 13.8 Å². The van der Waals surface area contributed by atoms with Gasteiger partial charge in [0.15, 0.2) is 5.75 Å². The van der Waals surface area contributed by atoms with Gasteiger partial charge in [-0.2, -0.15) is 0 Å². The lowest BCUT2D eigenvalue weighted by Crippen LogP contribution is -2.55. The standard InChI is InChI=1S/C23H38NO5P/c1-11-24-19-15-17(21(5,6)7)14-18(22(8,9)10)20(19)29-23(24,16(4)25)30(26,27-12-2)28-13-3/h14-15H,11-13H2,1-10H3. The first kappa shape index (κ1) is 24.9. The molecule has 0 bridgehead atoms. The van der Waals surface area contributed by atoms with E-state index in [2.05, 4.69) is 47.6 Å². The normalized spacial score (nSPS) is 19.6. The maximum atomic E-state index is 14.0. The molecule has 6 nitrogen and oxygen atoms in total. The molecule has 1 aromatic carbocycles. The topological polar surface area (TPSA) is 65.1 Å². The van der Waals surface area contributed by atoms with Crippen molar-refractivity contribution in [3.05, 3.63) is 23.3 Å². The van der Waals surface area contributed by atoms with Gasteiger partial charge in [-0.05, 0) is 43.2 Å². The van der Waals surface area contributed by atoms with Crippen molar-refractivity contribution in [1.82, 2.24) is 0 Å². The molecule has 1 aromatic rings. The van der Waals surface area contributed by atoms with Gasteiger partial charge in [-0.15, -0.1) is 0 Å². The maximum absolute atomic E-state index is 14.0. The minimum absolute atomic E-state index is 0.112. The third kappa shape index (κ3) is 3.94. The lowest BCUT2D eigenvalue weighted by atomic mass is 9.79. The number of likely N-dealkylation sites (N-methyl/N-ethyl adjacent to an activating group) is 1. The predicted molar refractivity (Wildman–Crippen MR) is 122 cm³/mol. The number of benzene rings is 1. The molecule has 170 valence electrons. The molecule has 1 aliphatic heterocycles. The molecule has 0 spiro atoms. The first-order valence-corrected chi connectivity index (χ1v) is 12.3. The van der Waals surface area contributed by atoms with Gasteiger partial charge in [0.2, 0.25) is 5.78 Å². The highest BCUT2D eigenvalue weighted by atomic mass is 31.2. The highest BCUT2D eigenvalue weighted by Gasteiger charge is 2.66. The fourth-order valence-corrected chi connectivity index (χ4v) is 6.11. The zero-order valence-corrected chi connectivity index (χ0v) is 21.1. The number of hydrogen-bond acceptors (Lipinski definition) is 6. The van der Waals surface area contributed by atoms with Crippen molar-refractivity contribution in [1.29, 1.82) is 0 Å². The van der Waals surface area contributed by atoms with Crippen LogP contribution in [-0.2, 0) is 29.2 Å². The molecule has 0 saturated carbocycles. The molecule has 0 radical (unpaired) electrons. The largest absolute Gasteiger partial charge is 0.447 e. The minimum Gasteiger partial charge on any atom is -0.447 e. The Morgan fingerprint density at radius 2 is 1.57 bits per heavy atom. The first-order chi connectivity index (χ1) is 13.7. The van der Waals surface area contributed by atoms with E-state index in [-0.39, 0.29) is 24.0 Å². The van der Waals surface area contributed by atoms with Gasteiger partial charge in [0, 0.05) is 19.0 Å². The lowest BCUT2D eigenvalue weighted by molar-refractivity contribution is -0.126. The SMILES string of the molecule is CCOP(=O)(OCC)C1(C(C)=O)Oc2c(cc(C(C)(C)C)cc2C(C)(C)C)N1CC. The summed E-state index contributed by atoms with van der Waals surface area (Å²) in [6.45, 7) is 20.2. The molecule has 30 heavy (non-hydrogen) atoms. The van der Waals surface area contributed by atoms with Crippen molar-refractivity contribution in [3.8, 4) is 5.75 Å². The van der Waals surface area contributed by atoms with Crippen LogP contribution in [0.3, 0.4) is 0 Å². The molecule has 0 aromatic heterocycles. The molecular formula is C23H38NO5P. The monoisotopic (exact) mass is 439 g/mol. The van der Waals surface area contributed by atoms with Crippen LogP contribution >= 0.6 is 7.60 Å². The maximum Gasteiger partial charge on any atom is 0.403 e. The molecule has 1 unspecified atom stereocenters. The van der Waals surface area contributed by atoms with Crippen molar-refractivity contribution in [2.24, 2.45) is 0 Å². The fraction of sp³-hybridized carbons (Fsp3) is 0.696. The van der Waals surface area contributed by atoms with Gasteiger partial charge in [-0.1, -0.05) is 47.6 Å². The van der Waals surface area contributed by atoms with Gasteiger partial charge in [-0.25, -0.2) is 0 Å². The second-order valence-corrected chi connectivity index (χ2v) is 11.8. The zero-order valence-electron chi connectivity index (χ0n) is 20.2. The number of fused-ring (bicyclic) bond motifs is 1. The Morgan fingerprint density at radius 3 is 1.93 bits per heavy atom. The van der Waals surface area contributed by atoms with Crippen molar-refractivity contribution < 1.29 is 23.1 Å². The van der Waals surface area contributed by atoms with E-state index in [1.807, 2.05) is 13.0 Å². The van der Waals surface area contributed by atoms with Gasteiger partial charge in [0.05, 0.1) is 18.9 Å². The van der Waals surface area contributed by atoms with Gasteiger partial charge in [0.1, 0.15) is 0 Å². The van der Waals surface area contributed by atoms with E-state index in [1.165, 1.54) is 6.92 Å². The molecule has 0 aliphatic carbocycles. The summed E-state index contributed by atoms with van der Waals surface area (Å²) in [5.74, 6) is 0.176. The smallest absolute Gasteiger partial charge is 0.403 e. The molecular weight excluding hydrogens is 401 g/mol. The Bertz CT molecular complexity index is 842. The average Bonchev–Trinajstić information content (AvgIpc) is 2.95. The summed E-state index contributed by atoms with van der Waals surface area (Å²) in [6, 6.07) is 4.18. The zero-order chi connectivity index (χ0) is 23.1. The van der Waals surface area contributed by atoms with Crippen molar-refractivity contribution in [2.75, 3.05) is 24.7 Å². The molecule has 0 fully saturated rings. The van der Waals surface area contributed by atoms with E-state index in [1.54, 1.807) is 18.7 Å². The van der Waals surface area contributed by atoms with Crippen molar-refractivity contribution in [2.45, 2.75) is 85.5 Å². The number of carbonyl (C=O) groups is 1. The third-order valence-corrected chi connectivity index (χ3v) is 7.97. The second kappa shape index (κ2) is 8.29. The highest BCUT2D eigenvalue weighted by molar-refractivity contribution is 7.56. The molecule has 0 N–H and O–H groups in total. The third-order valence-electron chi connectivity index (χ3n) is 5.39. The summed E-state index contributed by atoms with van der Waals surface area (Å²) in [7, 11) is -3.98. The number of Topliss-reactive ketones (excluding diaryl/α,β-unsaturated/α-hetero) is 1. The lowest BCUT2D eigenvalue weighted by Gasteiger charge is -2.39. The van der Waals surface area contributed by atoms with Crippen molar-refractivity contribution >= 4 is 19.1 Å². The molecule has 7 heteroatoms. The van der Waals surface area contributed by atoms with Crippen LogP contribution in [0.5, 0.6) is 5.75 Å². The van der Waals surface area contributed by atoms with Gasteiger partial charge in [0.25, 0.3) is 0 Å². The Labute approximate surface area is 181 Å². The average molecular weight is 440 g/mol. The van der Waals surface area contributed by atoms with Crippen molar-refractivity contribution in [3.63, 3.8) is 0 Å². The highest BCUT2D eigenvalue weighted by Crippen LogP contribution is 2.67. The summed E-state index contributed by atoms with van der Waals surface area (Å²) >= 11 is 0. The summed E-state index contributed by atoms with van der Waals surface area (Å²) < 4.78 is 31.7. The van der Waals surface area contributed by atoms with Crippen LogP contribution in [0, 0.1) is 0 Å². The van der Waals surface area contributed by atoms with E-state index < -0.39 is 18.8 Å². The Balaban J connectivity index is 2.91. The summed E-state index contributed by atoms with van der Waals surface area (Å²) in [5.41, 5.74) is 0.635. The summed E-state index contributed by atoms with van der Waals surface area (Å²) in [5, 5.41) is 0. The van der Waals surface area contributed by atoms with E-state index >= 15 is 0 Å². The van der Waals surface area contributed by atoms with Crippen LogP contribution in [0.2, 0.25) is 0 Å². The van der Waals surface area contributed by atoms with Crippen LogP contribution in [0.25, 0.3) is 0 Å². The number of hydrogen-bond donors (Lipinski definition) is 0. The van der Waals surface area contributed by atoms with E-state index in [0.717, 1.165) is 16.8 Å². The molecule has 1 heterocycles. The van der Waals surface area contributed by atoms with Gasteiger partial charge in [-0.3, -0.25) is 9.36 Å². The minimum atomic E-state index is -3.98. The van der Waals surface area contributed by atoms with Crippen LogP contribution in [0.1, 0.15) is 80.4 Å². The number of nitrogens with zero attached hydrogens (tertiary/aromatic N) is 1. The Morgan fingerprint density at radius 1 is 1.03 bits per heavy atom. The van der Waals surface area contributed by atoms with Crippen LogP contribution in [-0.4, -0.2) is 31.0 Å². The summed E-state index contributed by atoms with van der Waals surface area (Å²) in [4.78, 5) is 14.9. The molecule has 1 aliphatic rings. The van der Waals surface area contributed by atoms with Gasteiger partial charge < -0.3 is 18.7 Å². The number of ether oxygens (including phenoxy) is 1. The molecule has 0 amide bonds. The quantitative estimate of drug-likeness (QED) is 0.485.